The summed E-state index contributed by atoms with van der Waals surface area (Å²) >= 11 is 0. The second-order valence-electron chi connectivity index (χ2n) is 7.80. The summed E-state index contributed by atoms with van der Waals surface area (Å²) in [5, 5.41) is 5.57. The van der Waals surface area contributed by atoms with Gasteiger partial charge in [-0.25, -0.2) is 0 Å². The Morgan fingerprint density at radius 1 is 1.17 bits per heavy atom. The highest BCUT2D eigenvalue weighted by atomic mass is 16.5. The molecule has 0 spiro atoms. The number of hydrogen-bond acceptors (Lipinski definition) is 4. The van der Waals surface area contributed by atoms with Crippen LogP contribution in [0.3, 0.4) is 0 Å². The zero-order valence-corrected chi connectivity index (χ0v) is 18.9. The molecular formula is C23H39N3O3. The Kier molecular flexibility index (Phi) is 10.7. The molecule has 1 fully saturated rings. The Labute approximate surface area is 176 Å². The maximum absolute atomic E-state index is 12.7. The molecule has 0 aromatic heterocycles. The molecule has 2 amide bonds. The summed E-state index contributed by atoms with van der Waals surface area (Å²) in [5.74, 6) is 0.781. The van der Waals surface area contributed by atoms with Crippen molar-refractivity contribution in [3.63, 3.8) is 0 Å². The van der Waals surface area contributed by atoms with Crippen LogP contribution in [0, 0.1) is 12.8 Å². The van der Waals surface area contributed by atoms with Gasteiger partial charge in [-0.2, -0.15) is 0 Å². The molecule has 0 bridgehead atoms. The fraction of sp³-hybridized carbons (Fsp3) is 0.652. The van der Waals surface area contributed by atoms with Crippen LogP contribution in [0.25, 0.3) is 0 Å². The Bertz CT molecular complexity index is 653. The third-order valence-corrected chi connectivity index (χ3v) is 5.13. The second-order valence-corrected chi connectivity index (χ2v) is 7.80. The van der Waals surface area contributed by atoms with Crippen LogP contribution in [-0.4, -0.2) is 37.0 Å². The van der Waals surface area contributed by atoms with Gasteiger partial charge in [0.15, 0.2) is 0 Å². The van der Waals surface area contributed by atoms with Crippen molar-refractivity contribution in [3.05, 3.63) is 29.3 Å². The molecule has 1 aromatic rings. The molecule has 0 aliphatic heterocycles. The number of benzene rings is 1. The van der Waals surface area contributed by atoms with E-state index in [1.54, 1.807) is 19.2 Å². The fourth-order valence-corrected chi connectivity index (χ4v) is 3.58. The van der Waals surface area contributed by atoms with Crippen LogP contribution in [0.15, 0.2) is 18.2 Å². The summed E-state index contributed by atoms with van der Waals surface area (Å²) in [5.41, 5.74) is 7.40. The number of nitrogens with two attached hydrogens (primary N) is 1. The van der Waals surface area contributed by atoms with Gasteiger partial charge in [0.1, 0.15) is 11.8 Å². The first-order chi connectivity index (χ1) is 13.8. The zero-order valence-electron chi connectivity index (χ0n) is 18.9. The molecular weight excluding hydrogens is 366 g/mol. The number of amides is 2. The van der Waals surface area contributed by atoms with Crippen molar-refractivity contribution in [2.75, 3.05) is 7.05 Å². The number of hydrogen-bond donors (Lipinski definition) is 3. The molecule has 1 aliphatic rings. The van der Waals surface area contributed by atoms with Gasteiger partial charge in [-0.3, -0.25) is 9.59 Å². The number of carbonyl (C=O) groups excluding carboxylic acids is 2. The highest BCUT2D eigenvalue weighted by molar-refractivity contribution is 5.97. The summed E-state index contributed by atoms with van der Waals surface area (Å²) < 4.78 is 5.72. The number of aryl methyl sites for hydroxylation is 1. The first-order valence-electron chi connectivity index (χ1n) is 10.9. The highest BCUT2D eigenvalue weighted by Gasteiger charge is 2.27. The van der Waals surface area contributed by atoms with E-state index in [0.717, 1.165) is 37.0 Å². The van der Waals surface area contributed by atoms with Crippen molar-refractivity contribution < 1.29 is 14.3 Å². The van der Waals surface area contributed by atoms with Crippen molar-refractivity contribution in [2.45, 2.75) is 84.9 Å². The van der Waals surface area contributed by atoms with Crippen LogP contribution in [0.1, 0.15) is 75.7 Å². The van der Waals surface area contributed by atoms with E-state index >= 15 is 0 Å². The van der Waals surface area contributed by atoms with Crippen molar-refractivity contribution in [1.29, 1.82) is 0 Å². The predicted octanol–water partition coefficient (Wildman–Crippen LogP) is 3.56. The lowest BCUT2D eigenvalue weighted by atomic mass is 9.82. The van der Waals surface area contributed by atoms with E-state index in [0.29, 0.717) is 17.9 Å². The van der Waals surface area contributed by atoms with Gasteiger partial charge in [0.05, 0.1) is 6.10 Å². The first-order valence-corrected chi connectivity index (χ1v) is 10.9. The number of carbonyl (C=O) groups is 2. The monoisotopic (exact) mass is 405 g/mol. The molecule has 164 valence electrons. The second kappa shape index (κ2) is 12.5. The van der Waals surface area contributed by atoms with Crippen molar-refractivity contribution in [2.24, 2.45) is 11.7 Å². The van der Waals surface area contributed by atoms with E-state index in [1.807, 2.05) is 40.7 Å². The molecule has 1 aliphatic carbocycles. The summed E-state index contributed by atoms with van der Waals surface area (Å²) in [6.07, 6.45) is 4.69. The van der Waals surface area contributed by atoms with Crippen LogP contribution >= 0.6 is 0 Å². The van der Waals surface area contributed by atoms with Crippen molar-refractivity contribution in [3.8, 4) is 5.75 Å². The summed E-state index contributed by atoms with van der Waals surface area (Å²) in [6, 6.07) is 5.08. The molecule has 1 unspecified atom stereocenters. The van der Waals surface area contributed by atoms with Gasteiger partial charge in [0.25, 0.3) is 5.91 Å². The van der Waals surface area contributed by atoms with E-state index in [9.17, 15) is 9.59 Å². The number of likely N-dealkylation sites (N-methyl/N-ethyl adjacent to an activating group) is 1. The number of rotatable bonds is 7. The van der Waals surface area contributed by atoms with Gasteiger partial charge in [-0.15, -0.1) is 0 Å². The van der Waals surface area contributed by atoms with Gasteiger partial charge >= 0.3 is 0 Å². The van der Waals surface area contributed by atoms with Crippen LogP contribution in [0.4, 0.5) is 0 Å². The van der Waals surface area contributed by atoms with Crippen LogP contribution in [0.5, 0.6) is 5.75 Å². The molecule has 6 heteroatoms. The Hall–Kier alpha value is -2.08. The third-order valence-electron chi connectivity index (χ3n) is 5.13. The standard InChI is InChI=1S/C21H33N3O3.C2H6/c1-13(2)27-19-10-7-16(11-14(19)3)20(25)24-18(21(26)23-4)12-15-5-8-17(22)9-6-15;1-2/h7,10-11,13,15,17-18H,5-6,8-9,12,22H2,1-4H3,(H,23,26)(H,24,25);1-2H3. The highest BCUT2D eigenvalue weighted by Crippen LogP contribution is 2.27. The molecule has 2 rings (SSSR count). The molecule has 29 heavy (non-hydrogen) atoms. The van der Waals surface area contributed by atoms with E-state index in [2.05, 4.69) is 10.6 Å². The Morgan fingerprint density at radius 3 is 2.31 bits per heavy atom. The van der Waals surface area contributed by atoms with Gasteiger partial charge in [0.2, 0.25) is 5.91 Å². The average molecular weight is 406 g/mol. The molecule has 0 radical (unpaired) electrons. The SMILES string of the molecule is CC.CNC(=O)C(CC1CCC(N)CC1)NC(=O)c1ccc(OC(C)C)c(C)c1. The first kappa shape index (κ1) is 25.0. The quantitative estimate of drug-likeness (QED) is 0.646. The van der Waals surface area contributed by atoms with Crippen LogP contribution < -0.4 is 21.1 Å². The van der Waals surface area contributed by atoms with E-state index < -0.39 is 6.04 Å². The minimum Gasteiger partial charge on any atom is -0.491 e. The average Bonchev–Trinajstić information content (AvgIpc) is 2.71. The minimum atomic E-state index is -0.534. The molecule has 4 N–H and O–H groups in total. The maximum Gasteiger partial charge on any atom is 0.251 e. The largest absolute Gasteiger partial charge is 0.491 e. The van der Waals surface area contributed by atoms with Gasteiger partial charge in [0, 0.05) is 18.7 Å². The lowest BCUT2D eigenvalue weighted by Gasteiger charge is -2.29. The Balaban J connectivity index is 0.00000204. The smallest absolute Gasteiger partial charge is 0.251 e. The zero-order chi connectivity index (χ0) is 22.0. The molecule has 6 nitrogen and oxygen atoms in total. The van der Waals surface area contributed by atoms with Gasteiger partial charge in [-0.05, 0) is 82.6 Å². The number of ether oxygens (including phenoxy) is 1. The maximum atomic E-state index is 12.7. The minimum absolute atomic E-state index is 0.0737. The summed E-state index contributed by atoms with van der Waals surface area (Å²) in [4.78, 5) is 25.0. The summed E-state index contributed by atoms with van der Waals surface area (Å²) in [6.45, 7) is 9.84. The normalized spacial score (nSPS) is 19.6. The molecule has 1 aromatic carbocycles. The predicted molar refractivity (Wildman–Crippen MR) is 118 cm³/mol. The van der Waals surface area contributed by atoms with Crippen molar-refractivity contribution >= 4 is 11.8 Å². The molecule has 0 saturated heterocycles. The topological polar surface area (TPSA) is 93.5 Å². The van der Waals surface area contributed by atoms with Gasteiger partial charge < -0.3 is 21.1 Å². The third kappa shape index (κ3) is 8.05. The molecule has 1 saturated carbocycles. The fourth-order valence-electron chi connectivity index (χ4n) is 3.58. The number of nitrogens with one attached hydrogen (secondary N) is 2. The van der Waals surface area contributed by atoms with Crippen molar-refractivity contribution in [1.82, 2.24) is 10.6 Å². The van der Waals surface area contributed by atoms with Crippen LogP contribution in [-0.2, 0) is 4.79 Å². The lowest BCUT2D eigenvalue weighted by Crippen LogP contribution is -2.47. The van der Waals surface area contributed by atoms with Gasteiger partial charge in [-0.1, -0.05) is 13.8 Å². The molecule has 1 atom stereocenters. The van der Waals surface area contributed by atoms with E-state index in [1.165, 1.54) is 0 Å². The van der Waals surface area contributed by atoms with E-state index in [-0.39, 0.29) is 24.0 Å². The lowest BCUT2D eigenvalue weighted by molar-refractivity contribution is -0.123. The van der Waals surface area contributed by atoms with E-state index in [4.69, 9.17) is 10.5 Å². The Morgan fingerprint density at radius 2 is 1.79 bits per heavy atom. The van der Waals surface area contributed by atoms with Crippen LogP contribution in [0.2, 0.25) is 0 Å². The summed E-state index contributed by atoms with van der Waals surface area (Å²) in [7, 11) is 1.60. The molecule has 0 heterocycles.